The molecule has 6 heteroatoms. The molecule has 0 radical (unpaired) electrons. The fraction of sp³-hybridized carbons (Fsp3) is 0.467. The van der Waals surface area contributed by atoms with Crippen molar-refractivity contribution < 1.29 is 9.53 Å². The van der Waals surface area contributed by atoms with Gasteiger partial charge in [-0.2, -0.15) is 9.78 Å². The molecule has 0 aliphatic carbocycles. The zero-order valence-corrected chi connectivity index (χ0v) is 13.7. The minimum absolute atomic E-state index is 0.486. The molecule has 0 aliphatic rings. The Morgan fingerprint density at radius 1 is 1.48 bits per heavy atom. The van der Waals surface area contributed by atoms with Gasteiger partial charge in [0.2, 0.25) is 0 Å². The summed E-state index contributed by atoms with van der Waals surface area (Å²) < 4.78 is 6.71. The number of anilines is 1. The van der Waals surface area contributed by atoms with E-state index in [1.54, 1.807) is 11.3 Å². The topological polar surface area (TPSA) is 70.1 Å². The van der Waals surface area contributed by atoms with Gasteiger partial charge in [0.25, 0.3) is 0 Å². The van der Waals surface area contributed by atoms with Crippen molar-refractivity contribution in [2.24, 2.45) is 0 Å². The van der Waals surface area contributed by atoms with Crippen LogP contribution in [0.15, 0.2) is 17.5 Å². The molecule has 0 atom stereocenters. The van der Waals surface area contributed by atoms with E-state index in [-0.39, 0.29) is 0 Å². The van der Waals surface area contributed by atoms with Crippen LogP contribution in [0.1, 0.15) is 39.8 Å². The fourth-order valence-corrected chi connectivity index (χ4v) is 2.72. The Morgan fingerprint density at radius 3 is 2.71 bits per heavy atom. The monoisotopic (exact) mass is 307 g/mol. The van der Waals surface area contributed by atoms with E-state index < -0.39 is 11.7 Å². The summed E-state index contributed by atoms with van der Waals surface area (Å²) in [7, 11) is 0. The number of ether oxygens (including phenoxy) is 1. The first-order valence-electron chi connectivity index (χ1n) is 6.98. The third kappa shape index (κ3) is 3.44. The zero-order valence-electron chi connectivity index (χ0n) is 12.8. The zero-order chi connectivity index (χ0) is 15.6. The number of nitrogen functional groups attached to an aromatic ring is 1. The van der Waals surface area contributed by atoms with Crippen LogP contribution >= 0.6 is 11.3 Å². The van der Waals surface area contributed by atoms with Crippen molar-refractivity contribution in [1.29, 1.82) is 0 Å². The Morgan fingerprint density at radius 2 is 2.19 bits per heavy atom. The van der Waals surface area contributed by atoms with Crippen LogP contribution in [-0.2, 0) is 11.2 Å². The van der Waals surface area contributed by atoms with E-state index in [2.05, 4.69) is 5.10 Å². The van der Waals surface area contributed by atoms with E-state index in [9.17, 15) is 4.79 Å². The van der Waals surface area contributed by atoms with Crippen LogP contribution in [0.5, 0.6) is 0 Å². The molecule has 0 bridgehead atoms. The van der Waals surface area contributed by atoms with Gasteiger partial charge in [0.1, 0.15) is 11.3 Å². The second-order valence-electron chi connectivity index (χ2n) is 5.83. The highest BCUT2D eigenvalue weighted by molar-refractivity contribution is 7.13. The molecule has 2 rings (SSSR count). The molecule has 2 heterocycles. The lowest BCUT2D eigenvalue weighted by atomic mass is 10.2. The largest absolute Gasteiger partial charge is 0.442 e. The van der Waals surface area contributed by atoms with Gasteiger partial charge in [-0.05, 0) is 38.6 Å². The summed E-state index contributed by atoms with van der Waals surface area (Å²) in [5.41, 5.74) is 7.56. The number of aromatic nitrogens is 2. The highest BCUT2D eigenvalue weighted by Crippen LogP contribution is 2.32. The lowest BCUT2D eigenvalue weighted by molar-refractivity contribution is 0.0510. The Balaban J connectivity index is 2.45. The molecule has 0 aliphatic heterocycles. The van der Waals surface area contributed by atoms with Crippen molar-refractivity contribution in [3.05, 3.63) is 23.2 Å². The van der Waals surface area contributed by atoms with Crippen LogP contribution in [0.3, 0.4) is 0 Å². The number of nitrogens with zero attached hydrogens (tertiary/aromatic N) is 2. The Bertz CT molecular complexity index is 624. The average molecular weight is 307 g/mol. The number of thiophene rings is 1. The predicted octanol–water partition coefficient (Wildman–Crippen LogP) is 3.93. The van der Waals surface area contributed by atoms with Gasteiger partial charge in [-0.25, -0.2) is 4.79 Å². The smallest absolute Gasteiger partial charge is 0.435 e. The Hall–Kier alpha value is -1.82. The second-order valence-corrected chi connectivity index (χ2v) is 6.78. The molecule has 0 fully saturated rings. The number of carbonyl (C=O) groups is 1. The average Bonchev–Trinajstić information content (AvgIpc) is 2.97. The van der Waals surface area contributed by atoms with Gasteiger partial charge >= 0.3 is 6.09 Å². The molecule has 2 aromatic heterocycles. The normalized spacial score (nSPS) is 11.6. The van der Waals surface area contributed by atoms with Gasteiger partial charge in [0.05, 0.1) is 16.3 Å². The molecule has 0 spiro atoms. The van der Waals surface area contributed by atoms with E-state index in [1.165, 1.54) is 4.68 Å². The summed E-state index contributed by atoms with van der Waals surface area (Å²) in [5, 5.41) is 6.34. The van der Waals surface area contributed by atoms with Crippen LogP contribution in [-0.4, -0.2) is 21.5 Å². The summed E-state index contributed by atoms with van der Waals surface area (Å²) in [6, 6.07) is 3.88. The minimum atomic E-state index is -0.565. The lowest BCUT2D eigenvalue weighted by Crippen LogP contribution is -2.28. The maximum absolute atomic E-state index is 12.3. The van der Waals surface area contributed by atoms with Gasteiger partial charge < -0.3 is 10.5 Å². The van der Waals surface area contributed by atoms with E-state index in [0.717, 1.165) is 17.0 Å². The first kappa shape index (κ1) is 15.6. The summed E-state index contributed by atoms with van der Waals surface area (Å²) >= 11 is 1.55. The molecule has 0 amide bonds. The molecule has 114 valence electrons. The molecule has 21 heavy (non-hydrogen) atoms. The molecule has 2 aromatic rings. The van der Waals surface area contributed by atoms with Gasteiger partial charge in [0.15, 0.2) is 0 Å². The molecule has 2 N–H and O–H groups in total. The lowest BCUT2D eigenvalue weighted by Gasteiger charge is -2.19. The first-order chi connectivity index (χ1) is 9.83. The molecular weight excluding hydrogens is 286 g/mol. The van der Waals surface area contributed by atoms with Crippen LogP contribution in [0.25, 0.3) is 10.6 Å². The molecular formula is C15H21N3O2S. The number of rotatable bonds is 3. The quantitative estimate of drug-likeness (QED) is 0.932. The van der Waals surface area contributed by atoms with Crippen LogP contribution in [0.4, 0.5) is 10.5 Å². The highest BCUT2D eigenvalue weighted by Gasteiger charge is 2.25. The summed E-state index contributed by atoms with van der Waals surface area (Å²) in [5.74, 6) is 0. The SMILES string of the molecule is CCCc1c(N)c(-c2cccs2)nn1C(=O)OC(C)(C)C. The number of carbonyl (C=O) groups excluding carboxylic acids is 1. The van der Waals surface area contributed by atoms with Gasteiger partial charge in [-0.1, -0.05) is 19.4 Å². The van der Waals surface area contributed by atoms with E-state index in [4.69, 9.17) is 10.5 Å². The molecule has 0 unspecified atom stereocenters. The number of hydrogen-bond acceptors (Lipinski definition) is 5. The second kappa shape index (κ2) is 5.89. The first-order valence-corrected chi connectivity index (χ1v) is 7.86. The van der Waals surface area contributed by atoms with Gasteiger partial charge in [-0.3, -0.25) is 0 Å². The summed E-state index contributed by atoms with van der Waals surface area (Å²) in [4.78, 5) is 13.3. The van der Waals surface area contributed by atoms with E-state index in [1.807, 2.05) is 45.2 Å². The molecule has 0 saturated carbocycles. The van der Waals surface area contributed by atoms with Crippen molar-refractivity contribution in [3.8, 4) is 10.6 Å². The molecule has 0 aromatic carbocycles. The van der Waals surface area contributed by atoms with Crippen LogP contribution in [0.2, 0.25) is 0 Å². The Kier molecular flexibility index (Phi) is 4.37. The predicted molar refractivity (Wildman–Crippen MR) is 85.6 cm³/mol. The maximum atomic E-state index is 12.3. The van der Waals surface area contributed by atoms with Gasteiger partial charge in [0, 0.05) is 0 Å². The van der Waals surface area contributed by atoms with Crippen LogP contribution in [0, 0.1) is 0 Å². The molecule has 0 saturated heterocycles. The third-order valence-electron chi connectivity index (χ3n) is 2.83. The van der Waals surface area contributed by atoms with Crippen molar-refractivity contribution in [2.75, 3.05) is 5.73 Å². The van der Waals surface area contributed by atoms with Crippen molar-refractivity contribution in [2.45, 2.75) is 46.1 Å². The fourth-order valence-electron chi connectivity index (χ4n) is 1.99. The van der Waals surface area contributed by atoms with E-state index >= 15 is 0 Å². The van der Waals surface area contributed by atoms with Crippen molar-refractivity contribution in [3.63, 3.8) is 0 Å². The molecule has 5 nitrogen and oxygen atoms in total. The highest BCUT2D eigenvalue weighted by atomic mass is 32.1. The van der Waals surface area contributed by atoms with Crippen molar-refractivity contribution >= 4 is 23.1 Å². The Labute approximate surface area is 128 Å². The van der Waals surface area contributed by atoms with Gasteiger partial charge in [-0.15, -0.1) is 11.3 Å². The summed E-state index contributed by atoms with van der Waals surface area (Å²) in [6.07, 6.45) is 1.08. The maximum Gasteiger partial charge on any atom is 0.435 e. The minimum Gasteiger partial charge on any atom is -0.442 e. The van der Waals surface area contributed by atoms with Crippen molar-refractivity contribution in [1.82, 2.24) is 9.78 Å². The standard InChI is InChI=1S/C15H21N3O2S/c1-5-7-10-12(16)13(11-8-6-9-21-11)17-18(10)14(19)20-15(2,3)4/h6,8-9H,5,7,16H2,1-4H3. The van der Waals surface area contributed by atoms with E-state index in [0.29, 0.717) is 17.8 Å². The number of nitrogens with two attached hydrogens (primary N) is 1. The summed E-state index contributed by atoms with van der Waals surface area (Å²) in [6.45, 7) is 7.53. The van der Waals surface area contributed by atoms with Crippen LogP contribution < -0.4 is 5.73 Å². The third-order valence-corrected chi connectivity index (χ3v) is 3.71. The number of hydrogen-bond donors (Lipinski definition) is 1.